The van der Waals surface area contributed by atoms with Crippen LogP contribution in [-0.4, -0.2) is 12.7 Å². The first-order chi connectivity index (χ1) is 8.47. The topological polar surface area (TPSA) is 35.2 Å². The molecule has 1 saturated carbocycles. The van der Waals surface area contributed by atoms with Crippen LogP contribution in [0.3, 0.4) is 0 Å². The van der Waals surface area contributed by atoms with Gasteiger partial charge in [0.15, 0.2) is 0 Å². The Morgan fingerprint density at radius 2 is 1.78 bits per heavy atom. The summed E-state index contributed by atoms with van der Waals surface area (Å²) in [5.74, 6) is 0. The third-order valence-corrected chi connectivity index (χ3v) is 4.40. The normalized spacial score (nSPS) is 19.4. The molecule has 1 aromatic rings. The fraction of sp³-hybridized carbons (Fsp3) is 0.625. The summed E-state index contributed by atoms with van der Waals surface area (Å²) in [6.45, 7) is 6.46. The van der Waals surface area contributed by atoms with Crippen molar-refractivity contribution in [2.75, 3.05) is 7.11 Å². The van der Waals surface area contributed by atoms with Crippen molar-refractivity contribution in [2.45, 2.75) is 58.1 Å². The van der Waals surface area contributed by atoms with E-state index in [1.807, 2.05) is 7.11 Å². The summed E-state index contributed by atoms with van der Waals surface area (Å²) in [5.41, 5.74) is 11.7. The Kier molecular flexibility index (Phi) is 3.79. The van der Waals surface area contributed by atoms with Crippen molar-refractivity contribution in [3.05, 3.63) is 34.4 Å². The van der Waals surface area contributed by atoms with Crippen LogP contribution in [0.1, 0.15) is 54.0 Å². The minimum absolute atomic E-state index is 0.0448. The number of hydrogen-bond donors (Lipinski definition) is 1. The molecule has 0 saturated heterocycles. The number of nitrogens with two attached hydrogens (primary N) is 1. The Hall–Kier alpha value is -0.860. The molecule has 0 heterocycles. The van der Waals surface area contributed by atoms with Gasteiger partial charge in [0.05, 0.1) is 5.60 Å². The van der Waals surface area contributed by atoms with Gasteiger partial charge in [-0.15, -0.1) is 0 Å². The van der Waals surface area contributed by atoms with E-state index in [9.17, 15) is 0 Å². The lowest BCUT2D eigenvalue weighted by atomic mass is 9.74. The number of rotatable bonds is 4. The number of ether oxygens (including phenoxy) is 1. The van der Waals surface area contributed by atoms with Crippen LogP contribution in [0, 0.1) is 20.8 Å². The van der Waals surface area contributed by atoms with Crippen LogP contribution in [0.4, 0.5) is 0 Å². The van der Waals surface area contributed by atoms with E-state index in [2.05, 4.69) is 32.9 Å². The quantitative estimate of drug-likeness (QED) is 0.882. The predicted octanol–water partition coefficient (Wildman–Crippen LogP) is 3.57. The first kappa shape index (κ1) is 13.6. The van der Waals surface area contributed by atoms with Crippen molar-refractivity contribution < 1.29 is 4.74 Å². The summed E-state index contributed by atoms with van der Waals surface area (Å²) < 4.78 is 5.69. The fourth-order valence-electron chi connectivity index (χ4n) is 3.34. The van der Waals surface area contributed by atoms with Crippen LogP contribution >= 0.6 is 0 Å². The third kappa shape index (κ3) is 2.45. The zero-order valence-corrected chi connectivity index (χ0v) is 12.0. The van der Waals surface area contributed by atoms with Crippen molar-refractivity contribution in [3.63, 3.8) is 0 Å². The summed E-state index contributed by atoms with van der Waals surface area (Å²) in [6, 6.07) is 4.54. The monoisotopic (exact) mass is 247 g/mol. The summed E-state index contributed by atoms with van der Waals surface area (Å²) >= 11 is 0. The highest BCUT2D eigenvalue weighted by Gasteiger charge is 2.38. The molecule has 0 aliphatic heterocycles. The van der Waals surface area contributed by atoms with E-state index in [1.165, 1.54) is 28.7 Å². The number of aryl methyl sites for hydroxylation is 3. The van der Waals surface area contributed by atoms with Gasteiger partial charge in [-0.2, -0.15) is 0 Å². The second-order valence-electron chi connectivity index (χ2n) is 5.86. The molecule has 2 N–H and O–H groups in total. The van der Waals surface area contributed by atoms with Crippen molar-refractivity contribution in [1.29, 1.82) is 0 Å². The maximum atomic E-state index is 6.44. The highest BCUT2D eigenvalue weighted by molar-refractivity contribution is 5.39. The van der Waals surface area contributed by atoms with Gasteiger partial charge in [0, 0.05) is 13.2 Å². The molecule has 0 spiro atoms. The lowest BCUT2D eigenvalue weighted by molar-refractivity contribution is -0.0817. The second kappa shape index (κ2) is 5.02. The molecule has 0 radical (unpaired) electrons. The first-order valence-electron chi connectivity index (χ1n) is 6.86. The van der Waals surface area contributed by atoms with Crippen LogP contribution < -0.4 is 5.73 Å². The Labute approximate surface area is 111 Å². The van der Waals surface area contributed by atoms with E-state index >= 15 is 0 Å². The second-order valence-corrected chi connectivity index (χ2v) is 5.86. The average molecular weight is 247 g/mol. The van der Waals surface area contributed by atoms with Crippen LogP contribution in [-0.2, 0) is 4.74 Å². The van der Waals surface area contributed by atoms with Gasteiger partial charge in [-0.25, -0.2) is 0 Å². The van der Waals surface area contributed by atoms with E-state index in [1.54, 1.807) is 0 Å². The molecule has 1 atom stereocenters. The Balaban J connectivity index is 2.21. The average Bonchev–Trinajstić information content (AvgIpc) is 2.21. The third-order valence-electron chi connectivity index (χ3n) is 4.40. The lowest BCUT2D eigenvalue weighted by Crippen LogP contribution is -2.42. The van der Waals surface area contributed by atoms with Gasteiger partial charge in [-0.1, -0.05) is 17.7 Å². The molecule has 100 valence electrons. The van der Waals surface area contributed by atoms with Crippen LogP contribution in [0.2, 0.25) is 0 Å². The van der Waals surface area contributed by atoms with E-state index < -0.39 is 0 Å². The van der Waals surface area contributed by atoms with Crippen molar-refractivity contribution >= 4 is 0 Å². The van der Waals surface area contributed by atoms with Gasteiger partial charge in [-0.05, 0) is 63.1 Å². The van der Waals surface area contributed by atoms with Gasteiger partial charge in [0.25, 0.3) is 0 Å². The van der Waals surface area contributed by atoms with E-state index in [0.717, 1.165) is 19.3 Å². The standard InChI is InChI=1S/C16H25NO/c1-11-8-12(2)15(13(3)9-11)14(17)10-16(18-4)6-5-7-16/h8-9,14H,5-7,10,17H2,1-4H3. The molecule has 1 aliphatic carbocycles. The smallest absolute Gasteiger partial charge is 0.0696 e. The molecule has 1 aliphatic rings. The molecule has 0 aromatic heterocycles. The van der Waals surface area contributed by atoms with E-state index in [0.29, 0.717) is 0 Å². The summed E-state index contributed by atoms with van der Waals surface area (Å²) in [4.78, 5) is 0. The van der Waals surface area contributed by atoms with Crippen LogP contribution in [0.25, 0.3) is 0 Å². The molecule has 18 heavy (non-hydrogen) atoms. The van der Waals surface area contributed by atoms with Gasteiger partial charge in [-0.3, -0.25) is 0 Å². The SMILES string of the molecule is COC1(CC(N)c2c(C)cc(C)cc2C)CCC1. The Morgan fingerprint density at radius 3 is 2.17 bits per heavy atom. The molecule has 1 aromatic carbocycles. The summed E-state index contributed by atoms with van der Waals surface area (Å²) in [5, 5.41) is 0. The molecule has 2 rings (SSSR count). The fourth-order valence-corrected chi connectivity index (χ4v) is 3.34. The molecular formula is C16H25NO. The van der Waals surface area contributed by atoms with Crippen molar-refractivity contribution in [3.8, 4) is 0 Å². The zero-order chi connectivity index (χ0) is 13.3. The molecular weight excluding hydrogens is 222 g/mol. The Bertz CT molecular complexity index is 406. The predicted molar refractivity (Wildman–Crippen MR) is 75.8 cm³/mol. The molecule has 0 amide bonds. The largest absolute Gasteiger partial charge is 0.378 e. The highest BCUT2D eigenvalue weighted by atomic mass is 16.5. The van der Waals surface area contributed by atoms with Crippen LogP contribution in [0.5, 0.6) is 0 Å². The summed E-state index contributed by atoms with van der Waals surface area (Å²) in [7, 11) is 1.82. The summed E-state index contributed by atoms with van der Waals surface area (Å²) in [6.07, 6.45) is 4.52. The van der Waals surface area contributed by atoms with Crippen molar-refractivity contribution in [1.82, 2.24) is 0 Å². The molecule has 1 unspecified atom stereocenters. The van der Waals surface area contributed by atoms with Gasteiger partial charge in [0.2, 0.25) is 0 Å². The minimum Gasteiger partial charge on any atom is -0.378 e. The van der Waals surface area contributed by atoms with E-state index in [-0.39, 0.29) is 11.6 Å². The Morgan fingerprint density at radius 1 is 1.22 bits per heavy atom. The van der Waals surface area contributed by atoms with Crippen molar-refractivity contribution in [2.24, 2.45) is 5.73 Å². The number of methoxy groups -OCH3 is 1. The van der Waals surface area contributed by atoms with Gasteiger partial charge >= 0.3 is 0 Å². The van der Waals surface area contributed by atoms with Crippen LogP contribution in [0.15, 0.2) is 12.1 Å². The number of hydrogen-bond acceptors (Lipinski definition) is 2. The zero-order valence-electron chi connectivity index (χ0n) is 12.0. The molecule has 1 fully saturated rings. The van der Waals surface area contributed by atoms with Gasteiger partial charge < -0.3 is 10.5 Å². The van der Waals surface area contributed by atoms with Gasteiger partial charge in [0.1, 0.15) is 0 Å². The molecule has 2 heteroatoms. The minimum atomic E-state index is 0.0448. The lowest BCUT2D eigenvalue weighted by Gasteiger charge is -2.42. The molecule has 0 bridgehead atoms. The first-order valence-corrected chi connectivity index (χ1v) is 6.86. The highest BCUT2D eigenvalue weighted by Crippen LogP contribution is 2.42. The molecule has 2 nitrogen and oxygen atoms in total. The van der Waals surface area contributed by atoms with E-state index in [4.69, 9.17) is 10.5 Å². The maximum absolute atomic E-state index is 6.44. The number of benzene rings is 1. The maximum Gasteiger partial charge on any atom is 0.0696 e.